The van der Waals surface area contributed by atoms with Crippen LogP contribution in [0.25, 0.3) is 0 Å². The molecule has 1 heterocycles. The lowest BCUT2D eigenvalue weighted by Crippen LogP contribution is -2.54. The number of piperidine rings is 1. The van der Waals surface area contributed by atoms with Crippen molar-refractivity contribution in [3.63, 3.8) is 0 Å². The highest BCUT2D eigenvalue weighted by molar-refractivity contribution is 5.76. The molecular formula is C20H32N2O2. The molecule has 134 valence electrons. The summed E-state index contributed by atoms with van der Waals surface area (Å²) in [7, 11) is 0. The maximum absolute atomic E-state index is 12.2. The second-order valence-corrected chi connectivity index (χ2v) is 7.61. The predicted octanol–water partition coefficient (Wildman–Crippen LogP) is 3.53. The van der Waals surface area contributed by atoms with Gasteiger partial charge in [-0.25, -0.2) is 0 Å². The first-order valence-corrected chi connectivity index (χ1v) is 9.11. The van der Waals surface area contributed by atoms with Gasteiger partial charge in [0.25, 0.3) is 0 Å². The largest absolute Gasteiger partial charge is 0.493 e. The van der Waals surface area contributed by atoms with E-state index in [1.165, 1.54) is 19.3 Å². The van der Waals surface area contributed by atoms with Crippen LogP contribution in [0.5, 0.6) is 5.75 Å². The van der Waals surface area contributed by atoms with E-state index in [9.17, 15) is 4.79 Å². The van der Waals surface area contributed by atoms with Gasteiger partial charge in [-0.2, -0.15) is 0 Å². The Labute approximate surface area is 146 Å². The lowest BCUT2D eigenvalue weighted by atomic mass is 9.98. The molecule has 1 N–H and O–H groups in total. The van der Waals surface area contributed by atoms with E-state index in [0.717, 1.165) is 24.4 Å². The molecule has 0 saturated carbocycles. The number of carbonyl (C=O) groups excluding carboxylic acids is 1. The molecule has 1 atom stereocenters. The quantitative estimate of drug-likeness (QED) is 0.830. The minimum Gasteiger partial charge on any atom is -0.493 e. The molecule has 2 rings (SSSR count). The van der Waals surface area contributed by atoms with Gasteiger partial charge < -0.3 is 10.1 Å². The number of nitrogens with one attached hydrogen (secondary N) is 1. The summed E-state index contributed by atoms with van der Waals surface area (Å²) in [6, 6.07) is 8.50. The van der Waals surface area contributed by atoms with E-state index < -0.39 is 0 Å². The van der Waals surface area contributed by atoms with Crippen LogP contribution in [0, 0.1) is 6.92 Å². The number of likely N-dealkylation sites (tertiary alicyclic amines) is 1. The summed E-state index contributed by atoms with van der Waals surface area (Å²) in [5.74, 6) is 0.907. The number of carbonyl (C=O) groups is 1. The van der Waals surface area contributed by atoms with E-state index >= 15 is 0 Å². The van der Waals surface area contributed by atoms with Crippen molar-refractivity contribution in [2.24, 2.45) is 0 Å². The molecule has 24 heavy (non-hydrogen) atoms. The topological polar surface area (TPSA) is 41.6 Å². The normalized spacial score (nSPS) is 19.1. The fourth-order valence-corrected chi connectivity index (χ4v) is 3.35. The van der Waals surface area contributed by atoms with Gasteiger partial charge in [-0.15, -0.1) is 0 Å². The van der Waals surface area contributed by atoms with Gasteiger partial charge in [0.2, 0.25) is 5.91 Å². The summed E-state index contributed by atoms with van der Waals surface area (Å²) in [6.07, 6.45) is 4.22. The van der Waals surface area contributed by atoms with Gasteiger partial charge in [-0.3, -0.25) is 9.69 Å². The van der Waals surface area contributed by atoms with E-state index in [-0.39, 0.29) is 11.4 Å². The highest BCUT2D eigenvalue weighted by atomic mass is 16.5. The average Bonchev–Trinajstić information content (AvgIpc) is 2.51. The molecular weight excluding hydrogens is 300 g/mol. The number of rotatable bonds is 7. The third-order valence-electron chi connectivity index (χ3n) is 4.70. The van der Waals surface area contributed by atoms with Crippen molar-refractivity contribution in [1.82, 2.24) is 10.2 Å². The Kier molecular flexibility index (Phi) is 6.67. The van der Waals surface area contributed by atoms with Crippen LogP contribution in [0.4, 0.5) is 0 Å². The van der Waals surface area contributed by atoms with Crippen molar-refractivity contribution in [1.29, 1.82) is 0 Å². The van der Waals surface area contributed by atoms with Crippen LogP contribution in [-0.4, -0.2) is 42.1 Å². The second kappa shape index (κ2) is 8.52. The molecule has 1 fully saturated rings. The van der Waals surface area contributed by atoms with E-state index in [4.69, 9.17) is 4.74 Å². The van der Waals surface area contributed by atoms with Crippen LogP contribution >= 0.6 is 0 Å². The summed E-state index contributed by atoms with van der Waals surface area (Å²) >= 11 is 0. The minimum absolute atomic E-state index is 0.0539. The number of nitrogens with zero attached hydrogens (tertiary/aromatic N) is 1. The number of benzene rings is 1. The Morgan fingerprint density at radius 3 is 2.79 bits per heavy atom. The molecule has 1 aromatic carbocycles. The van der Waals surface area contributed by atoms with Crippen molar-refractivity contribution in [3.05, 3.63) is 29.8 Å². The van der Waals surface area contributed by atoms with Gasteiger partial charge in [-0.05, 0) is 58.7 Å². The number of para-hydroxylation sites is 1. The smallest absolute Gasteiger partial charge is 0.223 e. The van der Waals surface area contributed by atoms with Gasteiger partial charge in [0, 0.05) is 18.1 Å². The first kappa shape index (κ1) is 18.8. The van der Waals surface area contributed by atoms with Crippen LogP contribution in [-0.2, 0) is 4.79 Å². The molecule has 0 radical (unpaired) electrons. The van der Waals surface area contributed by atoms with Gasteiger partial charge in [-0.1, -0.05) is 24.6 Å². The van der Waals surface area contributed by atoms with Gasteiger partial charge in [0.05, 0.1) is 13.0 Å². The Morgan fingerprint density at radius 2 is 2.08 bits per heavy atom. The Morgan fingerprint density at radius 1 is 1.33 bits per heavy atom. The number of hydrogen-bond acceptors (Lipinski definition) is 3. The molecule has 1 aromatic rings. The van der Waals surface area contributed by atoms with E-state index in [1.54, 1.807) is 0 Å². The van der Waals surface area contributed by atoms with Crippen molar-refractivity contribution in [3.8, 4) is 5.75 Å². The molecule has 1 aliphatic rings. The summed E-state index contributed by atoms with van der Waals surface area (Å²) in [5.41, 5.74) is 0.878. The van der Waals surface area contributed by atoms with Crippen LogP contribution in [0.15, 0.2) is 24.3 Å². The molecule has 0 aromatic heterocycles. The first-order chi connectivity index (χ1) is 11.4. The summed E-state index contributed by atoms with van der Waals surface area (Å²) in [5, 5.41) is 3.16. The summed E-state index contributed by atoms with van der Waals surface area (Å²) < 4.78 is 5.72. The van der Waals surface area contributed by atoms with Gasteiger partial charge in [0.15, 0.2) is 0 Å². The van der Waals surface area contributed by atoms with Crippen LogP contribution < -0.4 is 10.1 Å². The highest BCUT2D eigenvalue weighted by Crippen LogP contribution is 2.19. The summed E-state index contributed by atoms with van der Waals surface area (Å²) in [4.78, 5) is 14.7. The third-order valence-corrected chi connectivity index (χ3v) is 4.70. The Hall–Kier alpha value is -1.55. The molecule has 1 amide bonds. The predicted molar refractivity (Wildman–Crippen MR) is 98.4 cm³/mol. The Balaban J connectivity index is 1.75. The van der Waals surface area contributed by atoms with Crippen LogP contribution in [0.2, 0.25) is 0 Å². The van der Waals surface area contributed by atoms with Crippen LogP contribution in [0.3, 0.4) is 0 Å². The zero-order valence-electron chi connectivity index (χ0n) is 15.6. The molecule has 4 nitrogen and oxygen atoms in total. The van der Waals surface area contributed by atoms with Gasteiger partial charge in [0.1, 0.15) is 5.75 Å². The number of hydrogen-bond donors (Lipinski definition) is 1. The fraction of sp³-hybridized carbons (Fsp3) is 0.650. The maximum atomic E-state index is 12.2. The standard InChI is InChI=1S/C20H32N2O2/c1-16-9-5-6-11-18(16)24-14-12-19(23)21-20(3,4)15-22-13-8-7-10-17(22)2/h5-6,9,11,17H,7-8,10,12-15H2,1-4H3,(H,21,23). The fourth-order valence-electron chi connectivity index (χ4n) is 3.35. The molecule has 1 aliphatic heterocycles. The molecule has 0 aliphatic carbocycles. The lowest BCUT2D eigenvalue weighted by molar-refractivity contribution is -0.123. The summed E-state index contributed by atoms with van der Waals surface area (Å²) in [6.45, 7) is 11.0. The number of aryl methyl sites for hydroxylation is 1. The number of ether oxygens (including phenoxy) is 1. The van der Waals surface area contributed by atoms with Crippen LogP contribution in [0.1, 0.15) is 52.0 Å². The molecule has 0 bridgehead atoms. The van der Waals surface area contributed by atoms with E-state index in [0.29, 0.717) is 19.1 Å². The van der Waals surface area contributed by atoms with Crippen molar-refractivity contribution < 1.29 is 9.53 Å². The maximum Gasteiger partial charge on any atom is 0.223 e. The SMILES string of the molecule is Cc1ccccc1OCCC(=O)NC(C)(C)CN1CCCCC1C. The molecule has 4 heteroatoms. The van der Waals surface area contributed by atoms with Gasteiger partial charge >= 0.3 is 0 Å². The van der Waals surface area contributed by atoms with E-state index in [1.807, 2.05) is 31.2 Å². The highest BCUT2D eigenvalue weighted by Gasteiger charge is 2.27. The molecule has 1 saturated heterocycles. The first-order valence-electron chi connectivity index (χ1n) is 9.11. The average molecular weight is 332 g/mol. The zero-order valence-corrected chi connectivity index (χ0v) is 15.6. The lowest BCUT2D eigenvalue weighted by Gasteiger charge is -2.39. The van der Waals surface area contributed by atoms with Crippen molar-refractivity contribution >= 4 is 5.91 Å². The number of amides is 1. The minimum atomic E-state index is -0.217. The Bertz CT molecular complexity index is 542. The third kappa shape index (κ3) is 5.82. The second-order valence-electron chi connectivity index (χ2n) is 7.61. The molecule has 1 unspecified atom stereocenters. The van der Waals surface area contributed by atoms with Crippen molar-refractivity contribution in [2.75, 3.05) is 19.7 Å². The van der Waals surface area contributed by atoms with E-state index in [2.05, 4.69) is 31.0 Å². The zero-order chi connectivity index (χ0) is 17.6. The van der Waals surface area contributed by atoms with Crippen molar-refractivity contribution in [2.45, 2.75) is 65.0 Å². The molecule has 0 spiro atoms. The monoisotopic (exact) mass is 332 g/mol.